The van der Waals surface area contributed by atoms with Gasteiger partial charge >= 0.3 is 18.0 Å². The van der Waals surface area contributed by atoms with Gasteiger partial charge in [-0.2, -0.15) is 26.3 Å². The lowest BCUT2D eigenvalue weighted by molar-refractivity contribution is -0.353. The number of rotatable bonds is 4. The maximum absolute atomic E-state index is 13.9. The number of hydrogen-bond donors (Lipinski definition) is 0. The highest BCUT2D eigenvalue weighted by Crippen LogP contribution is 2.52. The molecule has 0 aliphatic rings. The van der Waals surface area contributed by atoms with Crippen LogP contribution in [0.3, 0.4) is 0 Å². The van der Waals surface area contributed by atoms with Crippen LogP contribution in [-0.4, -0.2) is 25.1 Å². The Morgan fingerprint density at radius 1 is 1.00 bits per heavy atom. The van der Waals surface area contributed by atoms with Gasteiger partial charge in [0.25, 0.3) is 0 Å². The zero-order chi connectivity index (χ0) is 17.4. The molecule has 0 N–H and O–H groups in total. The van der Waals surface area contributed by atoms with E-state index in [1.54, 1.807) is 0 Å². The van der Waals surface area contributed by atoms with E-state index in [1.807, 2.05) is 0 Å². The molecule has 0 aliphatic heterocycles. The van der Waals surface area contributed by atoms with E-state index in [1.165, 1.54) is 24.3 Å². The fraction of sp³-hybridized carbons (Fsp3) is 0.538. The molecule has 22 heavy (non-hydrogen) atoms. The van der Waals surface area contributed by atoms with Crippen LogP contribution in [0.1, 0.15) is 18.9 Å². The van der Waals surface area contributed by atoms with Gasteiger partial charge in [-0.05, 0) is 24.6 Å². The molecular formula is C13H12BrF7O. The largest absolute Gasteiger partial charge is 0.431 e. The zero-order valence-corrected chi connectivity index (χ0v) is 13.0. The van der Waals surface area contributed by atoms with Crippen molar-refractivity contribution in [3.63, 3.8) is 0 Å². The molecule has 0 bridgehead atoms. The summed E-state index contributed by atoms with van der Waals surface area (Å²) in [6.45, 7) is 0.973. The van der Waals surface area contributed by atoms with Crippen molar-refractivity contribution in [3.8, 4) is 0 Å². The first-order valence-electron chi connectivity index (χ1n) is 5.90. The van der Waals surface area contributed by atoms with Gasteiger partial charge in [-0.25, -0.2) is 4.39 Å². The maximum Gasteiger partial charge on any atom is 0.431 e. The molecule has 1 unspecified atom stereocenters. The van der Waals surface area contributed by atoms with Crippen molar-refractivity contribution in [3.05, 3.63) is 34.3 Å². The SMILES string of the molecule is COC(C)(CC(F)(C(F)(F)F)C(F)(F)F)c1cccc(Br)c1. The number of alkyl halides is 7. The van der Waals surface area contributed by atoms with Crippen molar-refractivity contribution in [1.29, 1.82) is 0 Å². The first-order chi connectivity index (χ1) is 9.77. The summed E-state index contributed by atoms with van der Waals surface area (Å²) in [5, 5.41) is 0. The summed E-state index contributed by atoms with van der Waals surface area (Å²) in [5.41, 5.74) is -7.52. The van der Waals surface area contributed by atoms with E-state index in [0.29, 0.717) is 4.47 Å². The summed E-state index contributed by atoms with van der Waals surface area (Å²) in [7, 11) is 0.925. The van der Waals surface area contributed by atoms with Crippen LogP contribution in [0.25, 0.3) is 0 Å². The van der Waals surface area contributed by atoms with E-state index < -0.39 is 30.0 Å². The molecule has 0 aromatic heterocycles. The predicted octanol–water partition coefficient (Wildman–Crippen LogP) is 5.53. The van der Waals surface area contributed by atoms with Crippen molar-refractivity contribution in [1.82, 2.24) is 0 Å². The monoisotopic (exact) mass is 396 g/mol. The van der Waals surface area contributed by atoms with Crippen LogP contribution in [0.15, 0.2) is 28.7 Å². The molecule has 1 rings (SSSR count). The van der Waals surface area contributed by atoms with E-state index in [9.17, 15) is 30.7 Å². The highest BCUT2D eigenvalue weighted by atomic mass is 79.9. The second-order valence-corrected chi connectivity index (χ2v) is 5.83. The molecule has 0 radical (unpaired) electrons. The zero-order valence-electron chi connectivity index (χ0n) is 11.4. The number of hydrogen-bond acceptors (Lipinski definition) is 1. The highest BCUT2D eigenvalue weighted by Gasteiger charge is 2.74. The predicted molar refractivity (Wildman–Crippen MR) is 69.1 cm³/mol. The van der Waals surface area contributed by atoms with E-state index in [-0.39, 0.29) is 5.56 Å². The van der Waals surface area contributed by atoms with Gasteiger partial charge in [0.15, 0.2) is 0 Å². The Morgan fingerprint density at radius 3 is 1.86 bits per heavy atom. The van der Waals surface area contributed by atoms with Gasteiger partial charge in [-0.1, -0.05) is 28.1 Å². The average molecular weight is 397 g/mol. The summed E-state index contributed by atoms with van der Waals surface area (Å²) < 4.78 is 95.4. The van der Waals surface area contributed by atoms with E-state index in [4.69, 9.17) is 4.74 Å². The molecule has 0 saturated carbocycles. The first kappa shape index (κ1) is 19.2. The Bertz CT molecular complexity index is 512. The molecule has 1 nitrogen and oxygen atoms in total. The fourth-order valence-corrected chi connectivity index (χ4v) is 2.33. The molecule has 0 spiro atoms. The highest BCUT2D eigenvalue weighted by molar-refractivity contribution is 9.10. The lowest BCUT2D eigenvalue weighted by Gasteiger charge is -2.38. The molecule has 1 aromatic rings. The minimum atomic E-state index is -6.11. The number of halogens is 8. The molecule has 0 fully saturated rings. The van der Waals surface area contributed by atoms with Gasteiger partial charge in [0.2, 0.25) is 0 Å². The Hall–Kier alpha value is -0.830. The number of ether oxygens (including phenoxy) is 1. The minimum absolute atomic E-state index is 0.0140. The third kappa shape index (κ3) is 3.56. The summed E-state index contributed by atoms with van der Waals surface area (Å²) in [5.74, 6) is 0. The molecule has 0 aliphatic carbocycles. The van der Waals surface area contributed by atoms with Crippen molar-refractivity contribution < 1.29 is 35.5 Å². The normalized spacial score (nSPS) is 16.5. The molecule has 1 atom stereocenters. The standard InChI is InChI=1S/C13H12BrF7O/c1-10(22-2,8-4-3-5-9(14)6-8)7-11(15,12(16,17)18)13(19,20)21/h3-6H,7H2,1-2H3. The second-order valence-electron chi connectivity index (χ2n) is 4.92. The molecule has 9 heteroatoms. The van der Waals surface area contributed by atoms with Gasteiger partial charge in [-0.15, -0.1) is 0 Å². The van der Waals surface area contributed by atoms with Crippen molar-refractivity contribution in [2.24, 2.45) is 0 Å². The quantitative estimate of drug-likeness (QED) is 0.607. The topological polar surface area (TPSA) is 9.23 Å². The van der Waals surface area contributed by atoms with Crippen LogP contribution in [0, 0.1) is 0 Å². The lowest BCUT2D eigenvalue weighted by atomic mass is 9.83. The Labute approximate surface area is 130 Å². The minimum Gasteiger partial charge on any atom is -0.374 e. The van der Waals surface area contributed by atoms with Crippen LogP contribution >= 0.6 is 15.9 Å². The van der Waals surface area contributed by atoms with Gasteiger partial charge < -0.3 is 4.74 Å². The van der Waals surface area contributed by atoms with Gasteiger partial charge in [-0.3, -0.25) is 0 Å². The molecular weight excluding hydrogens is 385 g/mol. The fourth-order valence-electron chi connectivity index (χ4n) is 1.94. The molecule has 0 saturated heterocycles. The van der Waals surface area contributed by atoms with Crippen LogP contribution in [0.2, 0.25) is 0 Å². The molecule has 126 valence electrons. The molecule has 0 heterocycles. The summed E-state index contributed by atoms with van der Waals surface area (Å²) in [4.78, 5) is 0. The van der Waals surface area contributed by atoms with Crippen LogP contribution in [0.5, 0.6) is 0 Å². The summed E-state index contributed by atoms with van der Waals surface area (Å²) >= 11 is 3.05. The van der Waals surface area contributed by atoms with E-state index in [0.717, 1.165) is 14.0 Å². The van der Waals surface area contributed by atoms with E-state index >= 15 is 0 Å². The lowest BCUT2D eigenvalue weighted by Crippen LogP contribution is -2.56. The Kier molecular flexibility index (Phi) is 5.23. The van der Waals surface area contributed by atoms with Crippen molar-refractivity contribution in [2.45, 2.75) is 37.0 Å². The Balaban J connectivity index is 3.36. The maximum atomic E-state index is 13.9. The van der Waals surface area contributed by atoms with Crippen LogP contribution in [0.4, 0.5) is 30.7 Å². The third-order valence-corrected chi connectivity index (χ3v) is 3.86. The summed E-state index contributed by atoms with van der Waals surface area (Å²) in [6, 6.07) is 5.46. The van der Waals surface area contributed by atoms with Crippen LogP contribution < -0.4 is 0 Å². The van der Waals surface area contributed by atoms with Crippen molar-refractivity contribution in [2.75, 3.05) is 7.11 Å². The first-order valence-corrected chi connectivity index (χ1v) is 6.70. The van der Waals surface area contributed by atoms with Gasteiger partial charge in [0, 0.05) is 18.0 Å². The van der Waals surface area contributed by atoms with Crippen LogP contribution in [-0.2, 0) is 10.3 Å². The average Bonchev–Trinajstić information content (AvgIpc) is 2.35. The molecule has 1 aromatic carbocycles. The van der Waals surface area contributed by atoms with Gasteiger partial charge in [0.1, 0.15) is 0 Å². The Morgan fingerprint density at radius 2 is 1.50 bits per heavy atom. The van der Waals surface area contributed by atoms with Crippen molar-refractivity contribution >= 4 is 15.9 Å². The molecule has 0 amide bonds. The smallest absolute Gasteiger partial charge is 0.374 e. The third-order valence-electron chi connectivity index (χ3n) is 3.37. The van der Waals surface area contributed by atoms with E-state index in [2.05, 4.69) is 15.9 Å². The second kappa shape index (κ2) is 5.99. The van der Waals surface area contributed by atoms with Gasteiger partial charge in [0.05, 0.1) is 5.60 Å². The number of benzene rings is 1. The summed E-state index contributed by atoms with van der Waals surface area (Å²) in [6.07, 6.45) is -14.2. The number of methoxy groups -OCH3 is 1.